The lowest BCUT2D eigenvalue weighted by molar-refractivity contribution is -0.0851. The van der Waals surface area contributed by atoms with E-state index < -0.39 is 5.54 Å². The molecule has 0 aromatic carbocycles. The molecular weight excluding hydrogens is 430 g/mol. The van der Waals surface area contributed by atoms with Gasteiger partial charge >= 0.3 is 0 Å². The fourth-order valence-electron chi connectivity index (χ4n) is 4.85. The molecule has 0 radical (unpaired) electrons. The number of hydrogen-bond donors (Lipinski definition) is 1. The van der Waals surface area contributed by atoms with Crippen LogP contribution in [0.2, 0.25) is 0 Å². The smallest absolute Gasteiger partial charge is 0.152 e. The highest BCUT2D eigenvalue weighted by molar-refractivity contribution is 5.58. The van der Waals surface area contributed by atoms with Gasteiger partial charge in [0.25, 0.3) is 0 Å². The standard InChI is InChI=1S/C25H31N7O2/c1-33-22-9-19(11-26-13-22)23-15-32(30-29-23)25(16-34-17-25)24-7-6-21(12-28-24)31-8-2-3-20(14-31)27-10-18-4-5-18/h6-7,9,11-13,15,18,20,27H,2-5,8,10,14,16-17H2,1H3/t20-/m1/s1. The highest BCUT2D eigenvalue weighted by atomic mass is 16.5. The zero-order valence-electron chi connectivity index (χ0n) is 19.6. The minimum absolute atomic E-state index is 0.438. The number of pyridine rings is 2. The average molecular weight is 462 g/mol. The van der Waals surface area contributed by atoms with Crippen LogP contribution in [0.4, 0.5) is 5.69 Å². The molecule has 34 heavy (non-hydrogen) atoms. The van der Waals surface area contributed by atoms with Crippen LogP contribution in [0.1, 0.15) is 31.4 Å². The number of aromatic nitrogens is 5. The van der Waals surface area contributed by atoms with Crippen molar-refractivity contribution in [3.05, 3.63) is 48.7 Å². The topological polar surface area (TPSA) is 90.2 Å². The fourth-order valence-corrected chi connectivity index (χ4v) is 4.85. The maximum atomic E-state index is 5.63. The Balaban J connectivity index is 1.18. The zero-order chi connectivity index (χ0) is 23.0. The van der Waals surface area contributed by atoms with Gasteiger partial charge in [-0.3, -0.25) is 9.97 Å². The van der Waals surface area contributed by atoms with Gasteiger partial charge in [-0.25, -0.2) is 4.68 Å². The van der Waals surface area contributed by atoms with Gasteiger partial charge < -0.3 is 19.7 Å². The number of methoxy groups -OCH3 is 1. The van der Waals surface area contributed by atoms with Crippen LogP contribution in [0.5, 0.6) is 5.75 Å². The third kappa shape index (κ3) is 4.14. The Kier molecular flexibility index (Phi) is 5.66. The summed E-state index contributed by atoms with van der Waals surface area (Å²) in [6.45, 7) is 4.34. The molecule has 0 amide bonds. The van der Waals surface area contributed by atoms with Crippen LogP contribution in [-0.2, 0) is 10.3 Å². The molecule has 6 rings (SSSR count). The van der Waals surface area contributed by atoms with E-state index in [9.17, 15) is 0 Å². The van der Waals surface area contributed by atoms with E-state index in [-0.39, 0.29) is 0 Å². The maximum absolute atomic E-state index is 5.63. The Labute approximate surface area is 199 Å². The minimum atomic E-state index is -0.438. The van der Waals surface area contributed by atoms with Gasteiger partial charge in [-0.2, -0.15) is 0 Å². The molecule has 0 spiro atoms. The van der Waals surface area contributed by atoms with Crippen molar-refractivity contribution >= 4 is 5.69 Å². The maximum Gasteiger partial charge on any atom is 0.152 e. The van der Waals surface area contributed by atoms with Crippen molar-refractivity contribution < 1.29 is 9.47 Å². The number of hydrogen-bond acceptors (Lipinski definition) is 8. The Bertz CT molecular complexity index is 1120. The van der Waals surface area contributed by atoms with E-state index in [4.69, 9.17) is 14.5 Å². The lowest BCUT2D eigenvalue weighted by Gasteiger charge is -2.40. The number of nitrogens with zero attached hydrogens (tertiary/aromatic N) is 6. The van der Waals surface area contributed by atoms with Gasteiger partial charge in [0.2, 0.25) is 0 Å². The monoisotopic (exact) mass is 461 g/mol. The first kappa shape index (κ1) is 21.5. The lowest BCUT2D eigenvalue weighted by Crippen LogP contribution is -2.53. The average Bonchev–Trinajstić information content (AvgIpc) is 3.57. The second kappa shape index (κ2) is 8.96. The van der Waals surface area contributed by atoms with Crippen LogP contribution in [0, 0.1) is 5.92 Å². The van der Waals surface area contributed by atoms with E-state index in [0.717, 1.165) is 36.0 Å². The van der Waals surface area contributed by atoms with Crippen molar-refractivity contribution in [2.75, 3.05) is 44.9 Å². The highest BCUT2D eigenvalue weighted by Gasteiger charge is 2.45. The van der Waals surface area contributed by atoms with Crippen molar-refractivity contribution in [2.45, 2.75) is 37.3 Å². The predicted molar refractivity (Wildman–Crippen MR) is 128 cm³/mol. The van der Waals surface area contributed by atoms with Crippen molar-refractivity contribution in [3.63, 3.8) is 0 Å². The first-order chi connectivity index (χ1) is 16.7. The molecule has 1 N–H and O–H groups in total. The van der Waals surface area contributed by atoms with Crippen LogP contribution in [0.3, 0.4) is 0 Å². The molecule has 1 aliphatic carbocycles. The number of nitrogens with one attached hydrogen (secondary N) is 1. The predicted octanol–water partition coefficient (Wildman–Crippen LogP) is 2.49. The summed E-state index contributed by atoms with van der Waals surface area (Å²) in [6.07, 6.45) is 12.6. The van der Waals surface area contributed by atoms with Gasteiger partial charge in [-0.15, -0.1) is 5.10 Å². The molecule has 0 unspecified atom stereocenters. The molecule has 3 aromatic heterocycles. The van der Waals surface area contributed by atoms with Gasteiger partial charge in [0.1, 0.15) is 11.4 Å². The number of rotatable bonds is 8. The molecule has 0 bridgehead atoms. The van der Waals surface area contributed by atoms with E-state index in [1.165, 1.54) is 37.9 Å². The van der Waals surface area contributed by atoms with Crippen molar-refractivity contribution in [2.24, 2.45) is 5.92 Å². The summed E-state index contributed by atoms with van der Waals surface area (Å²) in [5.41, 5.74) is 3.29. The van der Waals surface area contributed by atoms with Crippen LogP contribution >= 0.6 is 0 Å². The Morgan fingerprint density at radius 3 is 2.82 bits per heavy atom. The number of ether oxygens (including phenoxy) is 2. The summed E-state index contributed by atoms with van der Waals surface area (Å²) in [5, 5.41) is 12.6. The summed E-state index contributed by atoms with van der Waals surface area (Å²) in [5.74, 6) is 1.60. The Hall–Kier alpha value is -3.04. The van der Waals surface area contributed by atoms with Crippen LogP contribution in [-0.4, -0.2) is 71.0 Å². The molecule has 2 aliphatic heterocycles. The molecular formula is C25H31N7O2. The van der Waals surface area contributed by atoms with Gasteiger partial charge in [-0.1, -0.05) is 5.21 Å². The lowest BCUT2D eigenvalue weighted by atomic mass is 9.92. The molecule has 3 aromatic rings. The van der Waals surface area contributed by atoms with Crippen molar-refractivity contribution in [1.82, 2.24) is 30.3 Å². The quantitative estimate of drug-likeness (QED) is 0.547. The largest absolute Gasteiger partial charge is 0.495 e. The summed E-state index contributed by atoms with van der Waals surface area (Å²) in [7, 11) is 1.63. The van der Waals surface area contributed by atoms with E-state index in [1.807, 2.05) is 23.1 Å². The van der Waals surface area contributed by atoms with Crippen LogP contribution in [0.25, 0.3) is 11.3 Å². The Morgan fingerprint density at radius 1 is 1.18 bits per heavy atom. The first-order valence-corrected chi connectivity index (χ1v) is 12.2. The molecule has 2 saturated heterocycles. The summed E-state index contributed by atoms with van der Waals surface area (Å²) < 4.78 is 12.8. The van der Waals surface area contributed by atoms with Gasteiger partial charge in [0, 0.05) is 30.9 Å². The Morgan fingerprint density at radius 2 is 2.09 bits per heavy atom. The van der Waals surface area contributed by atoms with Gasteiger partial charge in [0.05, 0.1) is 50.3 Å². The van der Waals surface area contributed by atoms with Gasteiger partial charge in [-0.05, 0) is 56.3 Å². The summed E-state index contributed by atoms with van der Waals surface area (Å²) >= 11 is 0. The number of anilines is 1. The van der Waals surface area contributed by atoms with Crippen LogP contribution < -0.4 is 15.0 Å². The molecule has 9 heteroatoms. The third-order valence-electron chi connectivity index (χ3n) is 7.26. The summed E-state index contributed by atoms with van der Waals surface area (Å²) in [4.78, 5) is 11.6. The van der Waals surface area contributed by atoms with Crippen LogP contribution in [0.15, 0.2) is 43.0 Å². The van der Waals surface area contributed by atoms with Gasteiger partial charge in [0.15, 0.2) is 5.54 Å². The second-order valence-electron chi connectivity index (χ2n) is 9.72. The molecule has 3 fully saturated rings. The van der Waals surface area contributed by atoms with Crippen molar-refractivity contribution in [3.8, 4) is 17.0 Å². The van der Waals surface area contributed by atoms with E-state index in [0.29, 0.717) is 25.0 Å². The molecule has 9 nitrogen and oxygen atoms in total. The number of piperidine rings is 1. The fraction of sp³-hybridized carbons (Fsp3) is 0.520. The molecule has 178 valence electrons. The summed E-state index contributed by atoms with van der Waals surface area (Å²) in [6, 6.07) is 6.78. The molecule has 3 aliphatic rings. The first-order valence-electron chi connectivity index (χ1n) is 12.2. The van der Waals surface area contributed by atoms with Crippen molar-refractivity contribution in [1.29, 1.82) is 0 Å². The van der Waals surface area contributed by atoms with E-state index >= 15 is 0 Å². The van der Waals surface area contributed by atoms with E-state index in [1.54, 1.807) is 19.5 Å². The normalized spacial score (nSPS) is 21.8. The molecule has 5 heterocycles. The second-order valence-corrected chi connectivity index (χ2v) is 9.72. The minimum Gasteiger partial charge on any atom is -0.495 e. The highest BCUT2D eigenvalue weighted by Crippen LogP contribution is 2.34. The zero-order valence-corrected chi connectivity index (χ0v) is 19.6. The molecule has 1 atom stereocenters. The third-order valence-corrected chi connectivity index (χ3v) is 7.26. The van der Waals surface area contributed by atoms with E-state index in [2.05, 4.69) is 37.6 Å². The molecule has 1 saturated carbocycles. The SMILES string of the molecule is COc1cncc(-c2cn(C3(c4ccc(N5CCC[C@@H](NCC6CC6)C5)cn4)COC3)nn2)c1.